The molecule has 0 spiro atoms. The molecule has 0 aliphatic rings. The van der Waals surface area contributed by atoms with Crippen molar-refractivity contribution in [1.82, 2.24) is 4.98 Å². The van der Waals surface area contributed by atoms with E-state index in [2.05, 4.69) is 20.9 Å². The average molecular weight is 288 g/mol. The third kappa shape index (κ3) is 3.98. The molecule has 1 aromatic heterocycles. The van der Waals surface area contributed by atoms with Crippen LogP contribution in [0.4, 0.5) is 0 Å². The normalized spacial score (nSPS) is 10.4. The summed E-state index contributed by atoms with van der Waals surface area (Å²) in [6.07, 6.45) is 1.06. The van der Waals surface area contributed by atoms with Gasteiger partial charge in [0, 0.05) is 12.1 Å². The maximum atomic E-state index is 10.6. The molecule has 1 rings (SSSR count). The van der Waals surface area contributed by atoms with Crippen molar-refractivity contribution in [3.63, 3.8) is 0 Å². The van der Waals surface area contributed by atoms with Crippen molar-refractivity contribution in [2.75, 3.05) is 0 Å². The Bertz CT molecular complexity index is 374. The van der Waals surface area contributed by atoms with Crippen LogP contribution in [0.1, 0.15) is 24.3 Å². The second kappa shape index (κ2) is 5.60. The third-order valence-electron chi connectivity index (χ3n) is 2.06. The van der Waals surface area contributed by atoms with E-state index >= 15 is 0 Å². The Morgan fingerprint density at radius 1 is 1.25 bits per heavy atom. The summed E-state index contributed by atoms with van der Waals surface area (Å²) in [5.41, 5.74) is 0.619. The molecule has 5 nitrogen and oxygen atoms in total. The van der Waals surface area contributed by atoms with Crippen LogP contribution in [0.2, 0.25) is 0 Å². The Morgan fingerprint density at radius 2 is 1.81 bits per heavy atom. The number of carbonyl (C=O) groups is 2. The van der Waals surface area contributed by atoms with Gasteiger partial charge >= 0.3 is 11.9 Å². The van der Waals surface area contributed by atoms with Crippen molar-refractivity contribution >= 4 is 27.9 Å². The number of hydrogen-bond acceptors (Lipinski definition) is 3. The van der Waals surface area contributed by atoms with Crippen molar-refractivity contribution in [2.24, 2.45) is 0 Å². The number of carboxylic acids is 2. The van der Waals surface area contributed by atoms with Gasteiger partial charge in [-0.05, 0) is 27.6 Å². The van der Waals surface area contributed by atoms with Crippen molar-refractivity contribution in [1.29, 1.82) is 0 Å². The van der Waals surface area contributed by atoms with Gasteiger partial charge in [-0.1, -0.05) is 6.07 Å². The van der Waals surface area contributed by atoms with Gasteiger partial charge < -0.3 is 10.2 Å². The fourth-order valence-electron chi connectivity index (χ4n) is 1.36. The number of halogens is 1. The summed E-state index contributed by atoms with van der Waals surface area (Å²) in [5, 5.41) is 17.4. The Hall–Kier alpha value is -1.43. The summed E-state index contributed by atoms with van der Waals surface area (Å²) < 4.78 is 0.626. The summed E-state index contributed by atoms with van der Waals surface area (Å²) in [6, 6.07) is 3.33. The van der Waals surface area contributed by atoms with Gasteiger partial charge in [-0.3, -0.25) is 9.59 Å². The van der Waals surface area contributed by atoms with Crippen molar-refractivity contribution in [3.05, 3.63) is 28.5 Å². The highest BCUT2D eigenvalue weighted by atomic mass is 79.9. The van der Waals surface area contributed by atoms with Crippen LogP contribution in [0.15, 0.2) is 22.9 Å². The summed E-state index contributed by atoms with van der Waals surface area (Å²) in [7, 11) is 0. The van der Waals surface area contributed by atoms with Crippen molar-refractivity contribution in [3.8, 4) is 0 Å². The van der Waals surface area contributed by atoms with E-state index in [4.69, 9.17) is 10.2 Å². The van der Waals surface area contributed by atoms with Gasteiger partial charge in [-0.25, -0.2) is 4.98 Å². The molecule has 0 saturated heterocycles. The van der Waals surface area contributed by atoms with E-state index < -0.39 is 17.9 Å². The Kier molecular flexibility index (Phi) is 4.42. The van der Waals surface area contributed by atoms with E-state index in [1.807, 2.05) is 0 Å². The zero-order chi connectivity index (χ0) is 12.1. The third-order valence-corrected chi connectivity index (χ3v) is 2.53. The Labute approximate surface area is 100 Å². The van der Waals surface area contributed by atoms with Crippen molar-refractivity contribution < 1.29 is 19.8 Å². The molecule has 0 bridgehead atoms. The average Bonchev–Trinajstić information content (AvgIpc) is 2.16. The summed E-state index contributed by atoms with van der Waals surface area (Å²) in [4.78, 5) is 25.2. The Morgan fingerprint density at radius 3 is 2.19 bits per heavy atom. The molecule has 0 aromatic carbocycles. The van der Waals surface area contributed by atoms with Crippen molar-refractivity contribution in [2.45, 2.75) is 18.8 Å². The van der Waals surface area contributed by atoms with Gasteiger partial charge in [0.05, 0.1) is 12.8 Å². The van der Waals surface area contributed by atoms with Gasteiger partial charge in [0.25, 0.3) is 0 Å². The number of aromatic nitrogens is 1. The van der Waals surface area contributed by atoms with Crippen LogP contribution in [-0.4, -0.2) is 27.1 Å². The maximum absolute atomic E-state index is 10.6. The monoisotopic (exact) mass is 287 g/mol. The molecule has 1 aromatic rings. The highest BCUT2D eigenvalue weighted by Crippen LogP contribution is 2.23. The van der Waals surface area contributed by atoms with E-state index in [0.717, 1.165) is 0 Å². The smallest absolute Gasteiger partial charge is 0.303 e. The molecule has 1 heterocycles. The first-order chi connectivity index (χ1) is 7.49. The molecule has 86 valence electrons. The second-order valence-electron chi connectivity index (χ2n) is 3.31. The van der Waals surface area contributed by atoms with Crippen LogP contribution >= 0.6 is 15.9 Å². The first-order valence-corrected chi connectivity index (χ1v) is 5.33. The van der Waals surface area contributed by atoms with E-state index in [1.165, 1.54) is 6.20 Å². The van der Waals surface area contributed by atoms with Crippen LogP contribution in [0, 0.1) is 0 Å². The molecule has 6 heteroatoms. The maximum Gasteiger partial charge on any atom is 0.303 e. The lowest BCUT2D eigenvalue weighted by atomic mass is 9.94. The molecule has 0 atom stereocenters. The summed E-state index contributed by atoms with van der Waals surface area (Å²) in [6.45, 7) is 0. The first-order valence-electron chi connectivity index (χ1n) is 4.54. The van der Waals surface area contributed by atoms with Crippen LogP contribution < -0.4 is 0 Å². The van der Waals surface area contributed by atoms with Crippen LogP contribution in [0.25, 0.3) is 0 Å². The summed E-state index contributed by atoms with van der Waals surface area (Å²) in [5.74, 6) is -2.58. The molecule has 16 heavy (non-hydrogen) atoms. The minimum atomic E-state index is -1.02. The SMILES string of the molecule is O=C(O)CC(CC(=O)O)c1ccc(Br)nc1. The number of hydrogen-bond donors (Lipinski definition) is 2. The van der Waals surface area contributed by atoms with Gasteiger partial charge in [-0.2, -0.15) is 0 Å². The quantitative estimate of drug-likeness (QED) is 0.808. The predicted molar refractivity (Wildman–Crippen MR) is 59.2 cm³/mol. The highest BCUT2D eigenvalue weighted by Gasteiger charge is 2.19. The molecule has 0 aliphatic heterocycles. The number of rotatable bonds is 5. The lowest BCUT2D eigenvalue weighted by Crippen LogP contribution is -2.11. The van der Waals surface area contributed by atoms with E-state index in [1.54, 1.807) is 12.1 Å². The van der Waals surface area contributed by atoms with Gasteiger partial charge in [0.15, 0.2) is 0 Å². The molecule has 0 amide bonds. The van der Waals surface area contributed by atoms with E-state index in [-0.39, 0.29) is 12.8 Å². The fourth-order valence-corrected chi connectivity index (χ4v) is 1.59. The minimum Gasteiger partial charge on any atom is -0.481 e. The lowest BCUT2D eigenvalue weighted by Gasteiger charge is -2.12. The van der Waals surface area contributed by atoms with Crippen LogP contribution in [-0.2, 0) is 9.59 Å². The number of carboxylic acid groups (broad SMARTS) is 2. The van der Waals surface area contributed by atoms with E-state index in [9.17, 15) is 9.59 Å². The molecule has 0 unspecified atom stereocenters. The Balaban J connectivity index is 2.86. The molecule has 0 aliphatic carbocycles. The molecular formula is C10H10BrNO4. The fraction of sp³-hybridized carbons (Fsp3) is 0.300. The number of pyridine rings is 1. The standard InChI is InChI=1S/C10H10BrNO4/c11-8-2-1-6(5-12-8)7(3-9(13)14)4-10(15)16/h1-2,5,7H,3-4H2,(H,13,14)(H,15,16). The number of nitrogens with zero attached hydrogens (tertiary/aromatic N) is 1. The van der Waals surface area contributed by atoms with E-state index in [0.29, 0.717) is 10.2 Å². The topological polar surface area (TPSA) is 87.5 Å². The largest absolute Gasteiger partial charge is 0.481 e. The predicted octanol–water partition coefficient (Wildman–Crippen LogP) is 1.88. The minimum absolute atomic E-state index is 0.213. The molecule has 0 radical (unpaired) electrons. The number of aliphatic carboxylic acids is 2. The van der Waals surface area contributed by atoms with Gasteiger partial charge in [0.1, 0.15) is 4.60 Å². The van der Waals surface area contributed by atoms with Gasteiger partial charge in [0.2, 0.25) is 0 Å². The molecule has 0 saturated carbocycles. The summed E-state index contributed by atoms with van der Waals surface area (Å²) >= 11 is 3.15. The zero-order valence-electron chi connectivity index (χ0n) is 8.26. The molecule has 0 fully saturated rings. The lowest BCUT2D eigenvalue weighted by molar-refractivity contribution is -0.139. The second-order valence-corrected chi connectivity index (χ2v) is 4.12. The van der Waals surface area contributed by atoms with Gasteiger partial charge in [-0.15, -0.1) is 0 Å². The van der Waals surface area contributed by atoms with Crippen LogP contribution in [0.3, 0.4) is 0 Å². The first kappa shape index (κ1) is 12.6. The molecular weight excluding hydrogens is 278 g/mol. The molecule has 2 N–H and O–H groups in total. The highest BCUT2D eigenvalue weighted by molar-refractivity contribution is 9.10. The van der Waals surface area contributed by atoms with Crippen LogP contribution in [0.5, 0.6) is 0 Å². The zero-order valence-corrected chi connectivity index (χ0v) is 9.85.